The highest BCUT2D eigenvalue weighted by molar-refractivity contribution is 5.97. The highest BCUT2D eigenvalue weighted by Gasteiger charge is 1.99. The van der Waals surface area contributed by atoms with Gasteiger partial charge in [-0.25, -0.2) is 0 Å². The van der Waals surface area contributed by atoms with Gasteiger partial charge in [-0.05, 0) is 30.7 Å². The molecule has 0 aliphatic carbocycles. The molecule has 1 aromatic carbocycles. The minimum atomic E-state index is 0.0860. The van der Waals surface area contributed by atoms with Crippen LogP contribution in [0.15, 0.2) is 29.4 Å². The highest BCUT2D eigenvalue weighted by Crippen LogP contribution is 2.11. The third-order valence-corrected chi connectivity index (χ3v) is 2.10. The highest BCUT2D eigenvalue weighted by atomic mass is 16.5. The smallest absolute Gasteiger partial charge is 0.170 e. The fraction of sp³-hybridized carbons (Fsp3) is 0.417. The average molecular weight is 238 g/mol. The number of nitrogens with two attached hydrogens (primary N) is 1. The van der Waals surface area contributed by atoms with Gasteiger partial charge >= 0.3 is 0 Å². The molecule has 0 saturated carbocycles. The number of nitrogens with zero attached hydrogens (tertiary/aromatic N) is 1. The first-order valence-electron chi connectivity index (χ1n) is 5.56. The summed E-state index contributed by atoms with van der Waals surface area (Å²) >= 11 is 0. The summed E-state index contributed by atoms with van der Waals surface area (Å²) in [4.78, 5) is 0. The van der Waals surface area contributed by atoms with E-state index in [9.17, 15) is 0 Å². The quantitative estimate of drug-likeness (QED) is 0.248. The summed E-state index contributed by atoms with van der Waals surface area (Å²) in [6.07, 6.45) is 1.01. The maximum absolute atomic E-state index is 8.50. The summed E-state index contributed by atoms with van der Waals surface area (Å²) in [6, 6.07) is 7.01. The van der Waals surface area contributed by atoms with Gasteiger partial charge in [0.1, 0.15) is 12.4 Å². The fourth-order valence-corrected chi connectivity index (χ4v) is 1.24. The Kier molecular flexibility index (Phi) is 5.88. The third-order valence-electron chi connectivity index (χ3n) is 2.10. The fourth-order valence-electron chi connectivity index (χ4n) is 1.24. The second kappa shape index (κ2) is 7.51. The normalized spacial score (nSPS) is 11.5. The first kappa shape index (κ1) is 13.3. The molecule has 0 radical (unpaired) electrons. The zero-order valence-corrected chi connectivity index (χ0v) is 9.93. The minimum Gasteiger partial charge on any atom is -0.491 e. The summed E-state index contributed by atoms with van der Waals surface area (Å²) in [6.45, 7) is 3.91. The van der Waals surface area contributed by atoms with E-state index < -0.39 is 0 Å². The molecule has 5 nitrogen and oxygen atoms in total. The van der Waals surface area contributed by atoms with Crippen LogP contribution in [-0.4, -0.2) is 30.9 Å². The lowest BCUT2D eigenvalue weighted by Gasteiger charge is -2.07. The molecule has 94 valence electrons. The average Bonchev–Trinajstić information content (AvgIpc) is 2.38. The van der Waals surface area contributed by atoms with Crippen molar-refractivity contribution in [2.24, 2.45) is 10.9 Å². The molecule has 0 bridgehead atoms. The molecule has 0 fully saturated rings. The van der Waals surface area contributed by atoms with Gasteiger partial charge in [-0.3, -0.25) is 0 Å². The van der Waals surface area contributed by atoms with E-state index in [1.807, 2.05) is 0 Å². The van der Waals surface area contributed by atoms with Crippen molar-refractivity contribution in [3.05, 3.63) is 29.8 Å². The molecule has 0 spiro atoms. The Bertz CT molecular complexity index is 349. The van der Waals surface area contributed by atoms with Gasteiger partial charge in [-0.1, -0.05) is 12.1 Å². The number of hydrogen-bond acceptors (Lipinski definition) is 4. The number of hydrogen-bond donors (Lipinski definition) is 2. The van der Waals surface area contributed by atoms with E-state index in [1.54, 1.807) is 24.3 Å². The van der Waals surface area contributed by atoms with Gasteiger partial charge in [0, 0.05) is 12.2 Å². The van der Waals surface area contributed by atoms with Crippen molar-refractivity contribution in [1.29, 1.82) is 0 Å². The van der Waals surface area contributed by atoms with Crippen LogP contribution in [0, 0.1) is 0 Å². The van der Waals surface area contributed by atoms with Gasteiger partial charge < -0.3 is 20.4 Å². The second-order valence-corrected chi connectivity index (χ2v) is 3.47. The van der Waals surface area contributed by atoms with E-state index in [0.29, 0.717) is 18.8 Å². The molecule has 0 aliphatic heterocycles. The van der Waals surface area contributed by atoms with Crippen LogP contribution in [0.2, 0.25) is 0 Å². The van der Waals surface area contributed by atoms with Crippen LogP contribution in [0.5, 0.6) is 5.75 Å². The van der Waals surface area contributed by atoms with Crippen LogP contribution in [0.25, 0.3) is 0 Å². The predicted octanol–water partition coefficient (Wildman–Crippen LogP) is 1.59. The molecule has 1 aromatic rings. The summed E-state index contributed by atoms with van der Waals surface area (Å²) < 4.78 is 10.7. The van der Waals surface area contributed by atoms with Crippen molar-refractivity contribution >= 4 is 5.84 Å². The molecule has 3 N–H and O–H groups in total. The standard InChI is InChI=1S/C12H18N2O3/c1-2-7-16-8-9-17-11-5-3-10(4-6-11)12(13)14-15/h3-6,15H,2,7-9H2,1H3,(H2,13,14). The lowest BCUT2D eigenvalue weighted by atomic mass is 10.2. The van der Waals surface area contributed by atoms with E-state index in [1.165, 1.54) is 0 Å². The van der Waals surface area contributed by atoms with Crippen LogP contribution in [0.4, 0.5) is 0 Å². The van der Waals surface area contributed by atoms with Crippen molar-refractivity contribution in [2.45, 2.75) is 13.3 Å². The van der Waals surface area contributed by atoms with Crippen LogP contribution in [0.3, 0.4) is 0 Å². The minimum absolute atomic E-state index is 0.0860. The van der Waals surface area contributed by atoms with Crippen LogP contribution in [-0.2, 0) is 4.74 Å². The number of ether oxygens (including phenoxy) is 2. The Morgan fingerprint density at radius 2 is 1.94 bits per heavy atom. The zero-order valence-electron chi connectivity index (χ0n) is 9.93. The molecule has 0 unspecified atom stereocenters. The van der Waals surface area contributed by atoms with Crippen molar-refractivity contribution in [1.82, 2.24) is 0 Å². The number of benzene rings is 1. The van der Waals surface area contributed by atoms with Gasteiger partial charge in [-0.2, -0.15) is 0 Å². The van der Waals surface area contributed by atoms with Crippen LogP contribution >= 0.6 is 0 Å². The Labute approximate surface area is 101 Å². The lowest BCUT2D eigenvalue weighted by Crippen LogP contribution is -2.13. The molecule has 1 rings (SSSR count). The van der Waals surface area contributed by atoms with Gasteiger partial charge in [0.2, 0.25) is 0 Å². The summed E-state index contributed by atoms with van der Waals surface area (Å²) in [5.74, 6) is 0.822. The molecular weight excluding hydrogens is 220 g/mol. The van der Waals surface area contributed by atoms with Crippen LogP contribution < -0.4 is 10.5 Å². The molecule has 0 atom stereocenters. The largest absolute Gasteiger partial charge is 0.491 e. The Morgan fingerprint density at radius 1 is 1.24 bits per heavy atom. The van der Waals surface area contributed by atoms with E-state index in [-0.39, 0.29) is 5.84 Å². The second-order valence-electron chi connectivity index (χ2n) is 3.47. The van der Waals surface area contributed by atoms with E-state index in [0.717, 1.165) is 18.8 Å². The van der Waals surface area contributed by atoms with E-state index in [4.69, 9.17) is 20.4 Å². The summed E-state index contributed by atoms with van der Waals surface area (Å²) in [7, 11) is 0. The maximum Gasteiger partial charge on any atom is 0.170 e. The topological polar surface area (TPSA) is 77.1 Å². The Hall–Kier alpha value is -1.75. The molecule has 0 aromatic heterocycles. The number of rotatable bonds is 7. The first-order valence-corrected chi connectivity index (χ1v) is 5.56. The Morgan fingerprint density at radius 3 is 2.53 bits per heavy atom. The molecule has 0 aliphatic rings. The summed E-state index contributed by atoms with van der Waals surface area (Å²) in [5.41, 5.74) is 6.09. The van der Waals surface area contributed by atoms with Gasteiger partial charge in [-0.15, -0.1) is 0 Å². The SMILES string of the molecule is CCCOCCOc1ccc(C(N)=NO)cc1. The van der Waals surface area contributed by atoms with E-state index in [2.05, 4.69) is 12.1 Å². The molecule has 17 heavy (non-hydrogen) atoms. The van der Waals surface area contributed by atoms with Crippen LogP contribution in [0.1, 0.15) is 18.9 Å². The zero-order chi connectivity index (χ0) is 12.5. The molecule has 5 heteroatoms. The first-order chi connectivity index (χ1) is 8.27. The maximum atomic E-state index is 8.50. The van der Waals surface area contributed by atoms with E-state index >= 15 is 0 Å². The van der Waals surface area contributed by atoms with Gasteiger partial charge in [0.25, 0.3) is 0 Å². The predicted molar refractivity (Wildman–Crippen MR) is 65.6 cm³/mol. The van der Waals surface area contributed by atoms with Crippen molar-refractivity contribution in [3.8, 4) is 5.75 Å². The number of amidine groups is 1. The lowest BCUT2D eigenvalue weighted by molar-refractivity contribution is 0.101. The van der Waals surface area contributed by atoms with Gasteiger partial charge in [0.05, 0.1) is 6.61 Å². The summed E-state index contributed by atoms with van der Waals surface area (Å²) in [5, 5.41) is 11.4. The van der Waals surface area contributed by atoms with Crippen molar-refractivity contribution in [2.75, 3.05) is 19.8 Å². The molecule has 0 amide bonds. The van der Waals surface area contributed by atoms with Crippen molar-refractivity contribution < 1.29 is 14.7 Å². The third kappa shape index (κ3) is 4.74. The number of oxime groups is 1. The monoisotopic (exact) mass is 238 g/mol. The molecular formula is C12H18N2O3. The van der Waals surface area contributed by atoms with Crippen molar-refractivity contribution in [3.63, 3.8) is 0 Å². The molecule has 0 heterocycles. The Balaban J connectivity index is 2.35. The molecule has 0 saturated heterocycles. The van der Waals surface area contributed by atoms with Gasteiger partial charge in [0.15, 0.2) is 5.84 Å².